The number of alkyl halides is 3. The van der Waals surface area contributed by atoms with E-state index in [1.54, 1.807) is 13.8 Å². The van der Waals surface area contributed by atoms with Crippen LogP contribution in [0.15, 0.2) is 30.9 Å². The predicted octanol–water partition coefficient (Wildman–Crippen LogP) is 2.67. The van der Waals surface area contributed by atoms with Crippen molar-refractivity contribution in [1.29, 1.82) is 0 Å². The van der Waals surface area contributed by atoms with Gasteiger partial charge in [0.2, 0.25) is 11.7 Å². The maximum Gasteiger partial charge on any atom is 0.449 e. The summed E-state index contributed by atoms with van der Waals surface area (Å²) in [7, 11) is 0. The number of rotatable bonds is 6. The fourth-order valence-corrected chi connectivity index (χ4v) is 2.50. The summed E-state index contributed by atoms with van der Waals surface area (Å²) in [5, 5.41) is 5.07. The summed E-state index contributed by atoms with van der Waals surface area (Å²) in [5.74, 6) is -1.82. The first-order chi connectivity index (χ1) is 12.1. The van der Waals surface area contributed by atoms with Gasteiger partial charge in [0.05, 0.1) is 11.0 Å². The minimum absolute atomic E-state index is 0.0960. The molecule has 0 radical (unpaired) electrons. The molecule has 2 rings (SSSR count). The van der Waals surface area contributed by atoms with Crippen LogP contribution in [0.2, 0.25) is 0 Å². The zero-order valence-electron chi connectivity index (χ0n) is 14.4. The number of fused-ring (bicyclic) bond motifs is 1. The molecular weight excluding hydrogens is 349 g/mol. The number of hydrogen-bond donors (Lipinski definition) is 2. The smallest absolute Gasteiger partial charge is 0.351 e. The van der Waals surface area contributed by atoms with Crippen molar-refractivity contribution in [2.75, 3.05) is 13.1 Å². The standard InChI is InChI=1S/C17H19F3N4O2/c1-4-14(25)21-7-8-22-15(26)11-5-6-13-12(9-11)23-16(17(18,19)20)24(13)10(2)3/h4-6,9-10H,1,7-8H2,2-3H3,(H,21,25)(H,22,26). The van der Waals surface area contributed by atoms with Crippen molar-refractivity contribution < 1.29 is 22.8 Å². The minimum Gasteiger partial charge on any atom is -0.351 e. The lowest BCUT2D eigenvalue weighted by atomic mass is 10.2. The van der Waals surface area contributed by atoms with Crippen LogP contribution >= 0.6 is 0 Å². The number of halogens is 3. The fraction of sp³-hybridized carbons (Fsp3) is 0.353. The van der Waals surface area contributed by atoms with Crippen LogP contribution < -0.4 is 10.6 Å². The SMILES string of the molecule is C=CC(=O)NCCNC(=O)c1ccc2c(c1)nc(C(F)(F)F)n2C(C)C. The zero-order valence-corrected chi connectivity index (χ0v) is 14.4. The highest BCUT2D eigenvalue weighted by atomic mass is 19.4. The summed E-state index contributed by atoms with van der Waals surface area (Å²) in [6.45, 7) is 6.95. The van der Waals surface area contributed by atoms with E-state index in [4.69, 9.17) is 0 Å². The molecule has 0 aliphatic rings. The molecule has 0 saturated carbocycles. The van der Waals surface area contributed by atoms with Gasteiger partial charge in [0.25, 0.3) is 5.91 Å². The molecule has 2 N–H and O–H groups in total. The molecular formula is C17H19F3N4O2. The number of amides is 2. The Labute approximate surface area is 148 Å². The number of hydrogen-bond acceptors (Lipinski definition) is 3. The fourth-order valence-electron chi connectivity index (χ4n) is 2.50. The predicted molar refractivity (Wildman–Crippen MR) is 90.7 cm³/mol. The Morgan fingerprint density at radius 3 is 2.50 bits per heavy atom. The van der Waals surface area contributed by atoms with E-state index in [1.807, 2.05) is 0 Å². The number of carbonyl (C=O) groups excluding carboxylic acids is 2. The molecule has 1 aromatic heterocycles. The molecule has 0 bridgehead atoms. The number of nitrogens with one attached hydrogen (secondary N) is 2. The van der Waals surface area contributed by atoms with Gasteiger partial charge < -0.3 is 15.2 Å². The van der Waals surface area contributed by atoms with Gasteiger partial charge in [-0.15, -0.1) is 0 Å². The maximum atomic E-state index is 13.2. The third kappa shape index (κ3) is 4.22. The highest BCUT2D eigenvalue weighted by Gasteiger charge is 2.38. The molecule has 0 atom stereocenters. The third-order valence-electron chi connectivity index (χ3n) is 3.62. The van der Waals surface area contributed by atoms with E-state index in [1.165, 1.54) is 18.2 Å². The summed E-state index contributed by atoms with van der Waals surface area (Å²) >= 11 is 0. The van der Waals surface area contributed by atoms with Crippen LogP contribution in [-0.2, 0) is 11.0 Å². The average molecular weight is 368 g/mol. The molecule has 0 saturated heterocycles. The van der Waals surface area contributed by atoms with Crippen molar-refractivity contribution in [2.45, 2.75) is 26.1 Å². The van der Waals surface area contributed by atoms with E-state index in [9.17, 15) is 22.8 Å². The molecule has 0 fully saturated rings. The van der Waals surface area contributed by atoms with Gasteiger partial charge in [-0.05, 0) is 38.1 Å². The van der Waals surface area contributed by atoms with Crippen LogP contribution in [0.1, 0.15) is 36.1 Å². The summed E-state index contributed by atoms with van der Waals surface area (Å²) in [4.78, 5) is 26.8. The van der Waals surface area contributed by atoms with Crippen LogP contribution in [0.25, 0.3) is 11.0 Å². The second-order valence-electron chi connectivity index (χ2n) is 5.85. The highest BCUT2D eigenvalue weighted by Crippen LogP contribution is 2.33. The molecule has 1 aromatic carbocycles. The monoisotopic (exact) mass is 368 g/mol. The van der Waals surface area contributed by atoms with Crippen molar-refractivity contribution >= 4 is 22.8 Å². The van der Waals surface area contributed by atoms with Crippen molar-refractivity contribution in [1.82, 2.24) is 20.2 Å². The number of nitrogens with zero attached hydrogens (tertiary/aromatic N) is 2. The van der Waals surface area contributed by atoms with Crippen LogP contribution in [0.3, 0.4) is 0 Å². The van der Waals surface area contributed by atoms with Gasteiger partial charge in [0.1, 0.15) is 0 Å². The number of imidazole rings is 1. The van der Waals surface area contributed by atoms with E-state index >= 15 is 0 Å². The zero-order chi connectivity index (χ0) is 19.5. The Morgan fingerprint density at radius 1 is 1.27 bits per heavy atom. The topological polar surface area (TPSA) is 76.0 Å². The van der Waals surface area contributed by atoms with E-state index in [0.29, 0.717) is 5.52 Å². The quantitative estimate of drug-likeness (QED) is 0.608. The maximum absolute atomic E-state index is 13.2. The lowest BCUT2D eigenvalue weighted by Crippen LogP contribution is -2.33. The molecule has 2 amide bonds. The van der Waals surface area contributed by atoms with Gasteiger partial charge in [0.15, 0.2) is 0 Å². The summed E-state index contributed by atoms with van der Waals surface area (Å²) in [6.07, 6.45) is -3.48. The molecule has 0 spiro atoms. The van der Waals surface area contributed by atoms with Gasteiger partial charge in [-0.1, -0.05) is 6.58 Å². The Kier molecular flexibility index (Phi) is 5.69. The summed E-state index contributed by atoms with van der Waals surface area (Å²) in [6, 6.07) is 3.78. The average Bonchev–Trinajstić information content (AvgIpc) is 2.97. The van der Waals surface area contributed by atoms with E-state index in [2.05, 4.69) is 22.2 Å². The Morgan fingerprint density at radius 2 is 1.92 bits per heavy atom. The molecule has 0 unspecified atom stereocenters. The molecule has 140 valence electrons. The highest BCUT2D eigenvalue weighted by molar-refractivity contribution is 5.97. The van der Waals surface area contributed by atoms with E-state index in [-0.39, 0.29) is 30.1 Å². The van der Waals surface area contributed by atoms with Gasteiger partial charge in [-0.2, -0.15) is 13.2 Å². The Hall–Kier alpha value is -2.84. The number of benzene rings is 1. The van der Waals surface area contributed by atoms with Gasteiger partial charge in [-0.25, -0.2) is 4.98 Å². The van der Waals surface area contributed by atoms with E-state index < -0.39 is 23.9 Å². The lowest BCUT2D eigenvalue weighted by Gasteiger charge is -2.14. The van der Waals surface area contributed by atoms with Crippen molar-refractivity contribution in [3.8, 4) is 0 Å². The van der Waals surface area contributed by atoms with Crippen LogP contribution in [0.4, 0.5) is 13.2 Å². The first-order valence-electron chi connectivity index (χ1n) is 7.92. The molecule has 9 heteroatoms. The summed E-state index contributed by atoms with van der Waals surface area (Å²) < 4.78 is 40.7. The first-order valence-corrected chi connectivity index (χ1v) is 7.92. The third-order valence-corrected chi connectivity index (χ3v) is 3.62. The number of carbonyl (C=O) groups is 2. The molecule has 1 heterocycles. The normalized spacial score (nSPS) is 11.6. The molecule has 0 aliphatic carbocycles. The molecule has 6 nitrogen and oxygen atoms in total. The Balaban J connectivity index is 2.22. The second kappa shape index (κ2) is 7.59. The van der Waals surface area contributed by atoms with Crippen LogP contribution in [0, 0.1) is 0 Å². The lowest BCUT2D eigenvalue weighted by molar-refractivity contribution is -0.147. The van der Waals surface area contributed by atoms with E-state index in [0.717, 1.165) is 10.6 Å². The minimum atomic E-state index is -4.59. The Bertz CT molecular complexity index is 840. The van der Waals surface area contributed by atoms with Crippen LogP contribution in [0.5, 0.6) is 0 Å². The number of aromatic nitrogens is 2. The largest absolute Gasteiger partial charge is 0.449 e. The van der Waals surface area contributed by atoms with Crippen molar-refractivity contribution in [2.24, 2.45) is 0 Å². The molecule has 0 aliphatic heterocycles. The summed E-state index contributed by atoms with van der Waals surface area (Å²) in [5.41, 5.74) is 0.593. The first kappa shape index (κ1) is 19.5. The van der Waals surface area contributed by atoms with Crippen molar-refractivity contribution in [3.63, 3.8) is 0 Å². The molecule has 26 heavy (non-hydrogen) atoms. The second-order valence-corrected chi connectivity index (χ2v) is 5.85. The van der Waals surface area contributed by atoms with Gasteiger partial charge in [-0.3, -0.25) is 9.59 Å². The van der Waals surface area contributed by atoms with Crippen LogP contribution in [-0.4, -0.2) is 34.5 Å². The molecule has 2 aromatic rings. The van der Waals surface area contributed by atoms with Crippen molar-refractivity contribution in [3.05, 3.63) is 42.2 Å². The van der Waals surface area contributed by atoms with Gasteiger partial charge in [0, 0.05) is 24.7 Å². The van der Waals surface area contributed by atoms with Gasteiger partial charge >= 0.3 is 6.18 Å².